The second-order valence-corrected chi connectivity index (χ2v) is 6.98. The van der Waals surface area contributed by atoms with E-state index >= 15 is 0 Å². The maximum absolute atomic E-state index is 11.7. The number of ether oxygens (including phenoxy) is 1. The molecule has 2 rings (SSSR count). The van der Waals surface area contributed by atoms with Crippen LogP contribution in [0.15, 0.2) is 29.3 Å². The van der Waals surface area contributed by atoms with Crippen LogP contribution < -0.4 is 16.0 Å². The number of carbonyl (C=O) groups excluding carboxylic acids is 1. The second-order valence-electron chi connectivity index (χ2n) is 6.98. The quantitative estimate of drug-likeness (QED) is 0.468. The minimum atomic E-state index is 0.0452. The van der Waals surface area contributed by atoms with Crippen LogP contribution in [0.3, 0.4) is 0 Å². The van der Waals surface area contributed by atoms with E-state index in [1.807, 2.05) is 13.8 Å². The average molecular weight is 376 g/mol. The third-order valence-electron chi connectivity index (χ3n) is 4.38. The molecule has 150 valence electrons. The van der Waals surface area contributed by atoms with Gasteiger partial charge in [-0.2, -0.15) is 0 Å². The van der Waals surface area contributed by atoms with Gasteiger partial charge in [-0.25, -0.2) is 0 Å². The Morgan fingerprint density at radius 3 is 2.56 bits per heavy atom. The number of carbonyl (C=O) groups is 1. The molecule has 3 N–H and O–H groups in total. The average Bonchev–Trinajstić information content (AvgIpc) is 2.66. The molecule has 0 atom stereocenters. The monoisotopic (exact) mass is 375 g/mol. The highest BCUT2D eigenvalue weighted by Gasteiger charge is 2.13. The van der Waals surface area contributed by atoms with E-state index in [1.54, 1.807) is 7.05 Å². The molecular weight excluding hydrogens is 342 g/mol. The van der Waals surface area contributed by atoms with Gasteiger partial charge in [-0.3, -0.25) is 14.7 Å². The molecule has 1 amide bonds. The standard InChI is InChI=1S/C20H33N5O2/c1-16(2)24-19(26)8-9-22-20(21-3)23-14-17-6-4-5-7-18(17)15-25-10-12-27-13-11-25/h4-7,16H,8-15H2,1-3H3,(H,24,26)(H2,21,22,23). The number of hydrogen-bond donors (Lipinski definition) is 3. The van der Waals surface area contributed by atoms with E-state index in [-0.39, 0.29) is 11.9 Å². The van der Waals surface area contributed by atoms with Gasteiger partial charge in [0.1, 0.15) is 0 Å². The Balaban J connectivity index is 1.81. The molecule has 1 fully saturated rings. The van der Waals surface area contributed by atoms with Crippen molar-refractivity contribution in [1.29, 1.82) is 0 Å². The Kier molecular flexibility index (Phi) is 9.07. The Morgan fingerprint density at radius 1 is 1.19 bits per heavy atom. The summed E-state index contributed by atoms with van der Waals surface area (Å²) in [6.07, 6.45) is 0.423. The Bertz CT molecular complexity index is 612. The van der Waals surface area contributed by atoms with Crippen LogP contribution in [0.4, 0.5) is 0 Å². The van der Waals surface area contributed by atoms with E-state index in [4.69, 9.17) is 4.74 Å². The summed E-state index contributed by atoms with van der Waals surface area (Å²) in [7, 11) is 1.74. The van der Waals surface area contributed by atoms with Crippen molar-refractivity contribution >= 4 is 11.9 Å². The van der Waals surface area contributed by atoms with Crippen molar-refractivity contribution in [2.24, 2.45) is 4.99 Å². The van der Waals surface area contributed by atoms with Crippen LogP contribution in [-0.4, -0.2) is 62.7 Å². The molecule has 0 saturated carbocycles. The molecule has 1 aromatic rings. The van der Waals surface area contributed by atoms with Crippen molar-refractivity contribution in [3.63, 3.8) is 0 Å². The number of rotatable bonds is 8. The zero-order valence-electron chi connectivity index (χ0n) is 16.8. The smallest absolute Gasteiger partial charge is 0.221 e. The van der Waals surface area contributed by atoms with E-state index in [0.29, 0.717) is 25.5 Å². The normalized spacial score (nSPS) is 15.6. The van der Waals surface area contributed by atoms with E-state index in [9.17, 15) is 4.79 Å². The highest BCUT2D eigenvalue weighted by molar-refractivity contribution is 5.81. The molecule has 27 heavy (non-hydrogen) atoms. The van der Waals surface area contributed by atoms with Crippen LogP contribution in [-0.2, 0) is 22.6 Å². The van der Waals surface area contributed by atoms with E-state index in [2.05, 4.69) is 50.1 Å². The van der Waals surface area contributed by atoms with Crippen LogP contribution >= 0.6 is 0 Å². The van der Waals surface area contributed by atoms with E-state index in [1.165, 1.54) is 11.1 Å². The summed E-state index contributed by atoms with van der Waals surface area (Å²) in [6, 6.07) is 8.63. The first-order chi connectivity index (χ1) is 13.1. The molecule has 1 aliphatic heterocycles. The molecule has 0 bridgehead atoms. The molecule has 0 unspecified atom stereocenters. The molecule has 1 aromatic carbocycles. The van der Waals surface area contributed by atoms with Crippen LogP contribution in [0.25, 0.3) is 0 Å². The number of hydrogen-bond acceptors (Lipinski definition) is 4. The first kappa shape index (κ1) is 21.2. The molecule has 1 aliphatic rings. The Labute approximate surface area is 162 Å². The van der Waals surface area contributed by atoms with Crippen LogP contribution in [0, 0.1) is 0 Å². The van der Waals surface area contributed by atoms with Gasteiger partial charge in [0, 0.05) is 52.2 Å². The van der Waals surface area contributed by atoms with Crippen molar-refractivity contribution in [1.82, 2.24) is 20.9 Å². The van der Waals surface area contributed by atoms with Crippen LogP contribution in [0.5, 0.6) is 0 Å². The Morgan fingerprint density at radius 2 is 1.89 bits per heavy atom. The first-order valence-corrected chi connectivity index (χ1v) is 9.69. The minimum absolute atomic E-state index is 0.0452. The Hall–Kier alpha value is -2.12. The lowest BCUT2D eigenvalue weighted by atomic mass is 10.1. The van der Waals surface area contributed by atoms with Gasteiger partial charge in [-0.1, -0.05) is 24.3 Å². The number of morpholine rings is 1. The minimum Gasteiger partial charge on any atom is -0.379 e. The fourth-order valence-corrected chi connectivity index (χ4v) is 2.97. The van der Waals surface area contributed by atoms with Crippen molar-refractivity contribution in [2.45, 2.75) is 39.4 Å². The van der Waals surface area contributed by atoms with Crippen molar-refractivity contribution in [2.75, 3.05) is 39.9 Å². The van der Waals surface area contributed by atoms with Gasteiger partial charge in [0.25, 0.3) is 0 Å². The van der Waals surface area contributed by atoms with Crippen molar-refractivity contribution < 1.29 is 9.53 Å². The molecule has 0 radical (unpaired) electrons. The maximum atomic E-state index is 11.7. The van der Waals surface area contributed by atoms with Gasteiger partial charge in [0.15, 0.2) is 5.96 Å². The van der Waals surface area contributed by atoms with Crippen LogP contribution in [0.2, 0.25) is 0 Å². The highest BCUT2D eigenvalue weighted by Crippen LogP contribution is 2.12. The number of nitrogens with one attached hydrogen (secondary N) is 3. The third kappa shape index (κ3) is 7.97. The zero-order chi connectivity index (χ0) is 19.5. The summed E-state index contributed by atoms with van der Waals surface area (Å²) >= 11 is 0. The largest absolute Gasteiger partial charge is 0.379 e. The molecule has 1 heterocycles. The number of guanidine groups is 1. The predicted molar refractivity (Wildman–Crippen MR) is 109 cm³/mol. The summed E-state index contributed by atoms with van der Waals surface area (Å²) in [5, 5.41) is 9.42. The van der Waals surface area contributed by atoms with E-state index in [0.717, 1.165) is 32.8 Å². The van der Waals surface area contributed by atoms with Gasteiger partial charge >= 0.3 is 0 Å². The van der Waals surface area contributed by atoms with Gasteiger partial charge in [-0.05, 0) is 25.0 Å². The lowest BCUT2D eigenvalue weighted by molar-refractivity contribution is -0.121. The second kappa shape index (κ2) is 11.6. The van der Waals surface area contributed by atoms with Crippen molar-refractivity contribution in [3.8, 4) is 0 Å². The third-order valence-corrected chi connectivity index (χ3v) is 4.38. The summed E-state index contributed by atoms with van der Waals surface area (Å²) < 4.78 is 5.43. The zero-order valence-corrected chi connectivity index (χ0v) is 16.8. The summed E-state index contributed by atoms with van der Waals surface area (Å²) in [5.74, 6) is 0.748. The summed E-state index contributed by atoms with van der Waals surface area (Å²) in [6.45, 7) is 9.66. The highest BCUT2D eigenvalue weighted by atomic mass is 16.5. The molecule has 0 aromatic heterocycles. The lowest BCUT2D eigenvalue weighted by Crippen LogP contribution is -2.40. The summed E-state index contributed by atoms with van der Waals surface area (Å²) in [5.41, 5.74) is 2.57. The molecule has 7 heteroatoms. The van der Waals surface area contributed by atoms with Gasteiger partial charge < -0.3 is 20.7 Å². The topological polar surface area (TPSA) is 78.0 Å². The fraction of sp³-hybridized carbons (Fsp3) is 0.600. The maximum Gasteiger partial charge on any atom is 0.221 e. The summed E-state index contributed by atoms with van der Waals surface area (Å²) in [4.78, 5) is 18.4. The number of nitrogens with zero attached hydrogens (tertiary/aromatic N) is 2. The van der Waals surface area contributed by atoms with Crippen LogP contribution in [0.1, 0.15) is 31.4 Å². The molecule has 1 saturated heterocycles. The molecule has 7 nitrogen and oxygen atoms in total. The number of aliphatic imine (C=N–C) groups is 1. The molecule has 0 aliphatic carbocycles. The first-order valence-electron chi connectivity index (χ1n) is 9.69. The van der Waals surface area contributed by atoms with Gasteiger partial charge in [0.2, 0.25) is 5.91 Å². The van der Waals surface area contributed by atoms with E-state index < -0.39 is 0 Å². The van der Waals surface area contributed by atoms with Gasteiger partial charge in [0.05, 0.1) is 13.2 Å². The van der Waals surface area contributed by atoms with Crippen molar-refractivity contribution in [3.05, 3.63) is 35.4 Å². The number of benzene rings is 1. The molecular formula is C20H33N5O2. The SMILES string of the molecule is CN=C(NCCC(=O)NC(C)C)NCc1ccccc1CN1CCOCC1. The predicted octanol–water partition coefficient (Wildman–Crippen LogP) is 1.10. The molecule has 0 spiro atoms. The fourth-order valence-electron chi connectivity index (χ4n) is 2.97. The lowest BCUT2D eigenvalue weighted by Gasteiger charge is -2.27. The van der Waals surface area contributed by atoms with Gasteiger partial charge in [-0.15, -0.1) is 0 Å². The number of amides is 1.